The maximum atomic E-state index is 12.3. The van der Waals surface area contributed by atoms with Gasteiger partial charge in [0.05, 0.1) is 16.5 Å². The number of hydrogen-bond acceptors (Lipinski definition) is 2. The van der Waals surface area contributed by atoms with Crippen molar-refractivity contribution in [3.63, 3.8) is 0 Å². The van der Waals surface area contributed by atoms with Gasteiger partial charge in [0.25, 0.3) is 5.56 Å². The van der Waals surface area contributed by atoms with Gasteiger partial charge in [0.2, 0.25) is 0 Å². The topological polar surface area (TPSA) is 22.0 Å². The molecule has 18 heavy (non-hydrogen) atoms. The Morgan fingerprint density at radius 2 is 2.17 bits per heavy atom. The molecule has 2 aromatic heterocycles. The molecule has 2 nitrogen and oxygen atoms in total. The van der Waals surface area contributed by atoms with Crippen LogP contribution in [0.15, 0.2) is 34.4 Å². The highest BCUT2D eigenvalue weighted by Crippen LogP contribution is 2.24. The molecule has 0 aliphatic rings. The normalized spacial score (nSPS) is 10.8. The Morgan fingerprint density at radius 3 is 2.78 bits per heavy atom. The SMILES string of the molecule is CCCCn1c(-c2cccs2)ccc(CCl)c1=O. The number of unbranched alkanes of at least 4 members (excludes halogenated alkanes) is 1. The monoisotopic (exact) mass is 281 g/mol. The van der Waals surface area contributed by atoms with Gasteiger partial charge in [-0.05, 0) is 23.9 Å². The Bertz CT molecular complexity index is 560. The molecule has 2 heterocycles. The molecule has 0 fully saturated rings. The van der Waals surface area contributed by atoms with Gasteiger partial charge in [-0.2, -0.15) is 0 Å². The van der Waals surface area contributed by atoms with Crippen LogP contribution >= 0.6 is 22.9 Å². The van der Waals surface area contributed by atoms with Crippen molar-refractivity contribution < 1.29 is 0 Å². The van der Waals surface area contributed by atoms with Gasteiger partial charge in [-0.1, -0.05) is 25.5 Å². The van der Waals surface area contributed by atoms with Gasteiger partial charge in [0.15, 0.2) is 0 Å². The van der Waals surface area contributed by atoms with Gasteiger partial charge in [0.1, 0.15) is 0 Å². The van der Waals surface area contributed by atoms with Crippen molar-refractivity contribution in [3.8, 4) is 10.6 Å². The summed E-state index contributed by atoms with van der Waals surface area (Å²) in [7, 11) is 0. The number of alkyl halides is 1. The Balaban J connectivity index is 2.52. The summed E-state index contributed by atoms with van der Waals surface area (Å²) in [4.78, 5) is 13.4. The molecule has 96 valence electrons. The first-order valence-electron chi connectivity index (χ1n) is 6.10. The highest BCUT2D eigenvalue weighted by atomic mass is 35.5. The Labute approximate surface area is 116 Å². The van der Waals surface area contributed by atoms with Gasteiger partial charge in [0, 0.05) is 12.1 Å². The quantitative estimate of drug-likeness (QED) is 0.756. The maximum absolute atomic E-state index is 12.3. The number of thiophene rings is 1. The number of hydrogen-bond donors (Lipinski definition) is 0. The summed E-state index contributed by atoms with van der Waals surface area (Å²) < 4.78 is 1.85. The van der Waals surface area contributed by atoms with Crippen molar-refractivity contribution in [1.29, 1.82) is 0 Å². The lowest BCUT2D eigenvalue weighted by Gasteiger charge is -2.12. The van der Waals surface area contributed by atoms with E-state index in [4.69, 9.17) is 11.6 Å². The van der Waals surface area contributed by atoms with Crippen LogP contribution in [0.3, 0.4) is 0 Å². The lowest BCUT2D eigenvalue weighted by Crippen LogP contribution is -2.24. The number of pyridine rings is 1. The van der Waals surface area contributed by atoms with Crippen molar-refractivity contribution >= 4 is 22.9 Å². The molecule has 0 aliphatic carbocycles. The first-order chi connectivity index (χ1) is 8.77. The van der Waals surface area contributed by atoms with Crippen LogP contribution in [-0.2, 0) is 12.4 Å². The summed E-state index contributed by atoms with van der Waals surface area (Å²) in [5.41, 5.74) is 1.72. The third-order valence-corrected chi connectivity index (χ3v) is 4.09. The van der Waals surface area contributed by atoms with E-state index in [1.54, 1.807) is 11.3 Å². The third-order valence-electron chi connectivity index (χ3n) is 2.91. The average Bonchev–Trinajstić information content (AvgIpc) is 2.90. The smallest absolute Gasteiger partial charge is 0.255 e. The number of rotatable bonds is 5. The van der Waals surface area contributed by atoms with Crippen LogP contribution in [-0.4, -0.2) is 4.57 Å². The van der Waals surface area contributed by atoms with Crippen LogP contribution in [0.4, 0.5) is 0 Å². The molecule has 0 atom stereocenters. The molecule has 0 amide bonds. The Kier molecular flexibility index (Phi) is 4.61. The molecule has 0 spiro atoms. The predicted molar refractivity (Wildman–Crippen MR) is 78.5 cm³/mol. The van der Waals surface area contributed by atoms with E-state index in [0.29, 0.717) is 5.56 Å². The Morgan fingerprint density at radius 1 is 1.33 bits per heavy atom. The molecular formula is C14H16ClNOS. The average molecular weight is 282 g/mol. The van der Waals surface area contributed by atoms with Crippen molar-refractivity contribution in [2.45, 2.75) is 32.2 Å². The molecule has 0 radical (unpaired) electrons. The number of nitrogens with zero attached hydrogens (tertiary/aromatic N) is 1. The first kappa shape index (κ1) is 13.4. The molecule has 0 aromatic carbocycles. The van der Waals surface area contributed by atoms with E-state index in [9.17, 15) is 4.79 Å². The van der Waals surface area contributed by atoms with Crippen LogP contribution in [0.25, 0.3) is 10.6 Å². The zero-order chi connectivity index (χ0) is 13.0. The molecule has 0 saturated carbocycles. The van der Waals surface area contributed by atoms with E-state index >= 15 is 0 Å². The maximum Gasteiger partial charge on any atom is 0.255 e. The largest absolute Gasteiger partial charge is 0.307 e. The second-order valence-electron chi connectivity index (χ2n) is 4.17. The lowest BCUT2D eigenvalue weighted by molar-refractivity contribution is 0.616. The van der Waals surface area contributed by atoms with Crippen molar-refractivity contribution in [1.82, 2.24) is 4.57 Å². The fourth-order valence-electron chi connectivity index (χ4n) is 1.90. The molecule has 4 heteroatoms. The summed E-state index contributed by atoms with van der Waals surface area (Å²) in [5, 5.41) is 2.03. The minimum Gasteiger partial charge on any atom is -0.307 e. The minimum absolute atomic E-state index is 0.0457. The van der Waals surface area contributed by atoms with E-state index in [-0.39, 0.29) is 11.4 Å². The summed E-state index contributed by atoms with van der Waals surface area (Å²) in [5.74, 6) is 0.273. The summed E-state index contributed by atoms with van der Waals surface area (Å²) in [6.45, 7) is 2.88. The van der Waals surface area contributed by atoms with Crippen LogP contribution < -0.4 is 5.56 Å². The van der Waals surface area contributed by atoms with Crippen LogP contribution in [0.1, 0.15) is 25.3 Å². The minimum atomic E-state index is 0.0457. The molecule has 0 aliphatic heterocycles. The van der Waals surface area contributed by atoms with Crippen molar-refractivity contribution in [2.24, 2.45) is 0 Å². The summed E-state index contributed by atoms with van der Waals surface area (Å²) in [6.07, 6.45) is 2.07. The molecule has 0 bridgehead atoms. The molecule has 0 unspecified atom stereocenters. The zero-order valence-corrected chi connectivity index (χ0v) is 11.9. The van der Waals surface area contributed by atoms with E-state index in [2.05, 4.69) is 6.92 Å². The van der Waals surface area contributed by atoms with Gasteiger partial charge in [-0.3, -0.25) is 4.79 Å². The Hall–Kier alpha value is -1.06. The van der Waals surface area contributed by atoms with Gasteiger partial charge < -0.3 is 4.57 Å². The van der Waals surface area contributed by atoms with Crippen LogP contribution in [0, 0.1) is 0 Å². The van der Waals surface area contributed by atoms with Gasteiger partial charge in [-0.15, -0.1) is 22.9 Å². The molecule has 0 saturated heterocycles. The molecule has 2 aromatic rings. The van der Waals surface area contributed by atoms with E-state index in [1.165, 1.54) is 0 Å². The van der Waals surface area contributed by atoms with E-state index < -0.39 is 0 Å². The summed E-state index contributed by atoms with van der Waals surface area (Å²) in [6, 6.07) is 7.89. The molecular weight excluding hydrogens is 266 g/mol. The van der Waals surface area contributed by atoms with Crippen LogP contribution in [0.2, 0.25) is 0 Å². The number of halogens is 1. The molecule has 0 N–H and O–H groups in total. The first-order valence-corrected chi connectivity index (χ1v) is 7.52. The second kappa shape index (κ2) is 6.21. The van der Waals surface area contributed by atoms with Crippen LogP contribution in [0.5, 0.6) is 0 Å². The third kappa shape index (κ3) is 2.68. The van der Waals surface area contributed by atoms with E-state index in [1.807, 2.05) is 34.2 Å². The van der Waals surface area contributed by atoms with E-state index in [0.717, 1.165) is 30.0 Å². The standard InChI is InChI=1S/C14H16ClNOS/c1-2-3-8-16-12(13-5-4-9-18-13)7-6-11(10-15)14(16)17/h4-7,9H,2-3,8,10H2,1H3. The van der Waals surface area contributed by atoms with Gasteiger partial charge >= 0.3 is 0 Å². The molecule has 2 rings (SSSR count). The van der Waals surface area contributed by atoms with Gasteiger partial charge in [-0.25, -0.2) is 0 Å². The predicted octanol–water partition coefficient (Wildman–Crippen LogP) is 4.12. The fourth-order valence-corrected chi connectivity index (χ4v) is 2.87. The highest BCUT2D eigenvalue weighted by Gasteiger charge is 2.10. The lowest BCUT2D eigenvalue weighted by atomic mass is 10.2. The highest BCUT2D eigenvalue weighted by molar-refractivity contribution is 7.13. The van der Waals surface area contributed by atoms with Crippen molar-refractivity contribution in [3.05, 3.63) is 45.6 Å². The summed E-state index contributed by atoms with van der Waals surface area (Å²) >= 11 is 7.46. The zero-order valence-electron chi connectivity index (χ0n) is 10.4. The number of aromatic nitrogens is 1. The fraction of sp³-hybridized carbons (Fsp3) is 0.357. The van der Waals surface area contributed by atoms with Crippen molar-refractivity contribution in [2.75, 3.05) is 0 Å². The second-order valence-corrected chi connectivity index (χ2v) is 5.38.